The van der Waals surface area contributed by atoms with Crippen LogP contribution in [0.3, 0.4) is 0 Å². The van der Waals surface area contributed by atoms with Gasteiger partial charge in [0, 0.05) is 29.6 Å². The van der Waals surface area contributed by atoms with Gasteiger partial charge in [0.25, 0.3) is 5.91 Å². The third kappa shape index (κ3) is 5.23. The molecular weight excluding hydrogens is 444 g/mol. The average Bonchev–Trinajstić information content (AvgIpc) is 2.82. The van der Waals surface area contributed by atoms with Gasteiger partial charge in [-0.05, 0) is 74.2 Å². The van der Waals surface area contributed by atoms with E-state index in [1.807, 2.05) is 67.3 Å². The molecule has 3 aromatic carbocycles. The Kier molecular flexibility index (Phi) is 7.18. The van der Waals surface area contributed by atoms with Gasteiger partial charge < -0.3 is 9.64 Å². The summed E-state index contributed by atoms with van der Waals surface area (Å²) in [6, 6.07) is 21.9. The zero-order chi connectivity index (χ0) is 24.2. The molecule has 0 radical (unpaired) electrons. The zero-order valence-electron chi connectivity index (χ0n) is 20.1. The molecule has 1 aromatic heterocycles. The predicted molar refractivity (Wildman–Crippen MR) is 139 cm³/mol. The molecule has 0 atom stereocenters. The first-order valence-electron chi connectivity index (χ1n) is 11.4. The Labute approximate surface area is 206 Å². The lowest BCUT2D eigenvalue weighted by Crippen LogP contribution is -2.33. The minimum atomic E-state index is -0.0109. The Balaban J connectivity index is 1.66. The number of carbonyl (C=O) groups is 1. The Morgan fingerprint density at radius 3 is 2.41 bits per heavy atom. The number of hydrogen-bond donors (Lipinski definition) is 0. The van der Waals surface area contributed by atoms with E-state index in [9.17, 15) is 4.79 Å². The van der Waals surface area contributed by atoms with Gasteiger partial charge in [0.2, 0.25) is 0 Å². The van der Waals surface area contributed by atoms with Crippen LogP contribution in [-0.4, -0.2) is 29.4 Å². The van der Waals surface area contributed by atoms with Crippen molar-refractivity contribution in [2.45, 2.75) is 33.7 Å². The maximum Gasteiger partial charge on any atom is 0.254 e. The van der Waals surface area contributed by atoms with E-state index in [1.165, 1.54) is 5.56 Å². The third-order valence-corrected chi connectivity index (χ3v) is 6.46. The molecule has 0 aliphatic rings. The van der Waals surface area contributed by atoms with Crippen molar-refractivity contribution in [3.63, 3.8) is 0 Å². The van der Waals surface area contributed by atoms with Crippen molar-refractivity contribution < 1.29 is 9.53 Å². The number of rotatable bonds is 7. The van der Waals surface area contributed by atoms with E-state index in [1.54, 1.807) is 7.11 Å². The second-order valence-corrected chi connectivity index (χ2v) is 9.09. The number of halogens is 1. The molecule has 0 unspecified atom stereocenters. The lowest BCUT2D eigenvalue weighted by molar-refractivity contribution is 0.0744. The highest BCUT2D eigenvalue weighted by Gasteiger charge is 2.20. The van der Waals surface area contributed by atoms with E-state index in [2.05, 4.69) is 30.1 Å². The number of nitrogens with zero attached hydrogens (tertiary/aromatic N) is 2. The van der Waals surface area contributed by atoms with Gasteiger partial charge in [-0.2, -0.15) is 0 Å². The van der Waals surface area contributed by atoms with Crippen LogP contribution in [0.2, 0.25) is 5.15 Å². The number of methoxy groups -OCH3 is 1. The summed E-state index contributed by atoms with van der Waals surface area (Å²) in [4.78, 5) is 20.2. The minimum absolute atomic E-state index is 0.0109. The summed E-state index contributed by atoms with van der Waals surface area (Å²) in [6.45, 7) is 7.02. The maximum absolute atomic E-state index is 13.6. The lowest BCUT2D eigenvalue weighted by atomic mass is 10.0. The van der Waals surface area contributed by atoms with Crippen LogP contribution in [0.4, 0.5) is 0 Å². The molecule has 4 rings (SSSR count). The van der Waals surface area contributed by atoms with E-state index in [0.717, 1.165) is 45.3 Å². The van der Waals surface area contributed by atoms with E-state index >= 15 is 0 Å². The van der Waals surface area contributed by atoms with Gasteiger partial charge >= 0.3 is 0 Å². The van der Waals surface area contributed by atoms with Crippen LogP contribution in [-0.2, 0) is 13.0 Å². The summed E-state index contributed by atoms with van der Waals surface area (Å²) >= 11 is 6.63. The Morgan fingerprint density at radius 1 is 0.971 bits per heavy atom. The van der Waals surface area contributed by atoms with Crippen LogP contribution in [0, 0.1) is 20.8 Å². The van der Waals surface area contributed by atoms with Crippen molar-refractivity contribution in [1.29, 1.82) is 0 Å². The highest BCUT2D eigenvalue weighted by molar-refractivity contribution is 6.30. The molecule has 1 heterocycles. The third-order valence-electron chi connectivity index (χ3n) is 6.13. The normalized spacial score (nSPS) is 11.0. The van der Waals surface area contributed by atoms with Gasteiger partial charge in [0.05, 0.1) is 12.6 Å². The molecule has 0 saturated carbocycles. The van der Waals surface area contributed by atoms with E-state index in [-0.39, 0.29) is 5.91 Å². The molecule has 0 aliphatic carbocycles. The number of pyridine rings is 1. The summed E-state index contributed by atoms with van der Waals surface area (Å²) in [6.07, 6.45) is 0.721. The van der Waals surface area contributed by atoms with Gasteiger partial charge in [-0.25, -0.2) is 4.98 Å². The molecule has 0 saturated heterocycles. The number of aryl methyl sites for hydroxylation is 3. The van der Waals surface area contributed by atoms with Gasteiger partial charge in [0.1, 0.15) is 10.9 Å². The topological polar surface area (TPSA) is 42.4 Å². The summed E-state index contributed by atoms with van der Waals surface area (Å²) in [7, 11) is 1.65. The molecular formula is C29H29ClN2O2. The first-order chi connectivity index (χ1) is 16.4. The Hall–Kier alpha value is -3.37. The van der Waals surface area contributed by atoms with Crippen molar-refractivity contribution in [2.75, 3.05) is 13.7 Å². The predicted octanol–water partition coefficient (Wildman–Crippen LogP) is 6.71. The highest BCUT2D eigenvalue weighted by Crippen LogP contribution is 2.26. The Morgan fingerprint density at radius 2 is 1.71 bits per heavy atom. The second kappa shape index (κ2) is 10.3. The number of hydrogen-bond acceptors (Lipinski definition) is 3. The lowest BCUT2D eigenvalue weighted by Gasteiger charge is -2.24. The quantitative estimate of drug-likeness (QED) is 0.281. The van der Waals surface area contributed by atoms with Crippen LogP contribution in [0.15, 0.2) is 66.7 Å². The minimum Gasteiger partial charge on any atom is -0.497 e. The van der Waals surface area contributed by atoms with Crippen molar-refractivity contribution in [1.82, 2.24) is 9.88 Å². The molecule has 0 bridgehead atoms. The first kappa shape index (κ1) is 23.8. The largest absolute Gasteiger partial charge is 0.497 e. The van der Waals surface area contributed by atoms with E-state index < -0.39 is 0 Å². The molecule has 34 heavy (non-hydrogen) atoms. The molecule has 174 valence electrons. The van der Waals surface area contributed by atoms with Gasteiger partial charge in [0.15, 0.2) is 0 Å². The van der Waals surface area contributed by atoms with Gasteiger partial charge in [-0.1, -0.05) is 53.6 Å². The highest BCUT2D eigenvalue weighted by atomic mass is 35.5. The number of benzene rings is 3. The van der Waals surface area contributed by atoms with Crippen LogP contribution in [0.5, 0.6) is 5.75 Å². The molecule has 4 nitrogen and oxygen atoms in total. The summed E-state index contributed by atoms with van der Waals surface area (Å²) < 4.78 is 5.26. The average molecular weight is 473 g/mol. The van der Waals surface area contributed by atoms with Crippen molar-refractivity contribution in [3.8, 4) is 5.75 Å². The van der Waals surface area contributed by atoms with E-state index in [4.69, 9.17) is 16.3 Å². The fourth-order valence-corrected chi connectivity index (χ4v) is 4.48. The molecule has 0 N–H and O–H groups in total. The monoisotopic (exact) mass is 472 g/mol. The SMILES string of the molecule is COc1ccc(CCN(Cc2cc3cc(C)cc(C)c3nc2Cl)C(=O)c2ccccc2C)cc1. The Bertz CT molecular complexity index is 1330. The molecule has 4 aromatic rings. The maximum atomic E-state index is 13.6. The van der Waals surface area contributed by atoms with Crippen LogP contribution in [0.1, 0.15) is 38.2 Å². The smallest absolute Gasteiger partial charge is 0.254 e. The second-order valence-electron chi connectivity index (χ2n) is 8.73. The fraction of sp³-hybridized carbons (Fsp3) is 0.241. The number of carbonyl (C=O) groups excluding carboxylic acids is 1. The first-order valence-corrected chi connectivity index (χ1v) is 11.8. The number of aromatic nitrogens is 1. The van der Waals surface area contributed by atoms with Crippen LogP contribution in [0.25, 0.3) is 10.9 Å². The standard InChI is InChI=1S/C29H29ClN2O2/c1-19-15-21(3)27-23(16-19)17-24(28(30)31-27)18-32(29(33)26-8-6-5-7-20(26)2)14-13-22-9-11-25(34-4)12-10-22/h5-12,15-17H,13-14,18H2,1-4H3. The summed E-state index contributed by atoms with van der Waals surface area (Å²) in [5, 5.41) is 1.47. The number of ether oxygens (including phenoxy) is 1. The number of fused-ring (bicyclic) bond motifs is 1. The fourth-order valence-electron chi connectivity index (χ4n) is 4.28. The number of amides is 1. The van der Waals surface area contributed by atoms with Crippen molar-refractivity contribution >= 4 is 28.4 Å². The van der Waals surface area contributed by atoms with Gasteiger partial charge in [-0.15, -0.1) is 0 Å². The van der Waals surface area contributed by atoms with Crippen LogP contribution >= 0.6 is 11.6 Å². The molecule has 1 amide bonds. The zero-order valence-corrected chi connectivity index (χ0v) is 20.8. The van der Waals surface area contributed by atoms with Crippen LogP contribution < -0.4 is 4.74 Å². The molecule has 0 spiro atoms. The molecule has 0 aliphatic heterocycles. The summed E-state index contributed by atoms with van der Waals surface area (Å²) in [5.41, 5.74) is 6.80. The van der Waals surface area contributed by atoms with Gasteiger partial charge in [-0.3, -0.25) is 4.79 Å². The summed E-state index contributed by atoms with van der Waals surface area (Å²) in [5.74, 6) is 0.805. The molecule has 5 heteroatoms. The van der Waals surface area contributed by atoms with E-state index in [0.29, 0.717) is 23.8 Å². The molecule has 0 fully saturated rings. The van der Waals surface area contributed by atoms with Crippen molar-refractivity contribution in [2.24, 2.45) is 0 Å². The van der Waals surface area contributed by atoms with Crippen molar-refractivity contribution in [3.05, 3.63) is 105 Å².